The van der Waals surface area contributed by atoms with Crippen molar-refractivity contribution < 1.29 is 23.6 Å². The van der Waals surface area contributed by atoms with Crippen LogP contribution in [0, 0.1) is 6.92 Å². The van der Waals surface area contributed by atoms with E-state index < -0.39 is 11.9 Å². The molecule has 6 rings (SSSR count). The summed E-state index contributed by atoms with van der Waals surface area (Å²) in [5, 5.41) is 4.63. The van der Waals surface area contributed by atoms with Gasteiger partial charge in [0.2, 0.25) is 0 Å². The number of fused-ring (bicyclic) bond motifs is 2. The van der Waals surface area contributed by atoms with E-state index in [9.17, 15) is 14.4 Å². The van der Waals surface area contributed by atoms with Crippen LogP contribution in [-0.4, -0.2) is 50.3 Å². The van der Waals surface area contributed by atoms with Gasteiger partial charge in [-0.1, -0.05) is 41.0 Å². The van der Waals surface area contributed by atoms with E-state index in [2.05, 4.69) is 10.1 Å². The maximum Gasteiger partial charge on any atom is 0.341 e. The first-order chi connectivity index (χ1) is 20.4. The molecule has 4 aromatic heterocycles. The molecule has 0 saturated carbocycles. The van der Waals surface area contributed by atoms with Gasteiger partial charge >= 0.3 is 5.97 Å². The smallest absolute Gasteiger partial charge is 0.341 e. The van der Waals surface area contributed by atoms with Gasteiger partial charge in [0.25, 0.3) is 11.5 Å². The van der Waals surface area contributed by atoms with Gasteiger partial charge < -0.3 is 18.6 Å². The third-order valence-electron chi connectivity index (χ3n) is 7.11. The molecule has 214 valence electrons. The second-order valence-corrected chi connectivity index (χ2v) is 10.2. The lowest BCUT2D eigenvalue weighted by Crippen LogP contribution is -2.35. The molecule has 0 bridgehead atoms. The second kappa shape index (κ2) is 11.3. The van der Waals surface area contributed by atoms with Crippen LogP contribution in [0.2, 0.25) is 5.02 Å². The molecule has 0 aliphatic carbocycles. The number of benzene rings is 1. The molecule has 5 aromatic rings. The SMILES string of the molecule is CCOC(=O)c1cc2c(=O)n3ccccc3nc2n(CC2CCCO2)c1=NC(=O)c1c(-c2ccccc2Cl)noc1C. The molecule has 5 heterocycles. The number of rotatable bonds is 6. The van der Waals surface area contributed by atoms with Crippen molar-refractivity contribution in [1.29, 1.82) is 0 Å². The zero-order valence-corrected chi connectivity index (χ0v) is 23.6. The summed E-state index contributed by atoms with van der Waals surface area (Å²) in [6.07, 6.45) is 2.96. The molecule has 1 atom stereocenters. The summed E-state index contributed by atoms with van der Waals surface area (Å²) in [7, 11) is 0. The minimum absolute atomic E-state index is 0.0145. The van der Waals surface area contributed by atoms with Gasteiger partial charge in [0.15, 0.2) is 5.49 Å². The number of ether oxygens (including phenoxy) is 2. The molecule has 1 fully saturated rings. The quantitative estimate of drug-likeness (QED) is 0.211. The average Bonchev–Trinajstić information content (AvgIpc) is 3.64. The average molecular weight is 588 g/mol. The molecular weight excluding hydrogens is 562 g/mol. The molecule has 0 spiro atoms. The minimum atomic E-state index is -0.738. The zero-order valence-electron chi connectivity index (χ0n) is 22.9. The lowest BCUT2D eigenvalue weighted by molar-refractivity contribution is 0.0521. The van der Waals surface area contributed by atoms with Crippen LogP contribution in [0.25, 0.3) is 27.9 Å². The molecule has 1 amide bonds. The first kappa shape index (κ1) is 27.6. The fourth-order valence-electron chi connectivity index (χ4n) is 5.14. The van der Waals surface area contributed by atoms with Crippen molar-refractivity contribution in [2.45, 2.75) is 39.3 Å². The van der Waals surface area contributed by atoms with Gasteiger partial charge in [0, 0.05) is 18.4 Å². The molecule has 12 heteroatoms. The molecule has 1 aliphatic heterocycles. The molecule has 1 aliphatic rings. The predicted molar refractivity (Wildman–Crippen MR) is 153 cm³/mol. The molecule has 1 unspecified atom stereocenters. The molecular formula is C30H26ClN5O6. The highest BCUT2D eigenvalue weighted by Gasteiger charge is 2.26. The van der Waals surface area contributed by atoms with Crippen LogP contribution in [0.4, 0.5) is 0 Å². The Kier molecular flexibility index (Phi) is 7.44. The largest absolute Gasteiger partial charge is 0.462 e. The molecule has 42 heavy (non-hydrogen) atoms. The number of aromatic nitrogens is 4. The van der Waals surface area contributed by atoms with Crippen molar-refractivity contribution in [1.82, 2.24) is 19.1 Å². The Morgan fingerprint density at radius 1 is 1.19 bits per heavy atom. The number of esters is 1. The Morgan fingerprint density at radius 3 is 2.76 bits per heavy atom. The lowest BCUT2D eigenvalue weighted by atomic mass is 10.1. The van der Waals surface area contributed by atoms with Gasteiger partial charge in [-0.2, -0.15) is 4.99 Å². The van der Waals surface area contributed by atoms with E-state index in [-0.39, 0.29) is 63.9 Å². The first-order valence-corrected chi connectivity index (χ1v) is 13.9. The second-order valence-electron chi connectivity index (χ2n) is 9.79. The van der Waals surface area contributed by atoms with Gasteiger partial charge in [-0.05, 0) is 51.0 Å². The number of amides is 1. The number of aryl methyl sites for hydroxylation is 1. The Balaban J connectivity index is 1.66. The summed E-state index contributed by atoms with van der Waals surface area (Å²) in [4.78, 5) is 50.1. The van der Waals surface area contributed by atoms with Crippen molar-refractivity contribution in [3.8, 4) is 11.3 Å². The van der Waals surface area contributed by atoms with Crippen LogP contribution in [0.5, 0.6) is 0 Å². The van der Waals surface area contributed by atoms with E-state index in [0.717, 1.165) is 12.8 Å². The number of hydrogen-bond acceptors (Lipinski definition) is 8. The van der Waals surface area contributed by atoms with E-state index in [1.54, 1.807) is 67.1 Å². The highest BCUT2D eigenvalue weighted by molar-refractivity contribution is 6.33. The molecule has 1 aromatic carbocycles. The van der Waals surface area contributed by atoms with Crippen molar-refractivity contribution in [2.24, 2.45) is 4.99 Å². The monoisotopic (exact) mass is 587 g/mol. The van der Waals surface area contributed by atoms with Gasteiger partial charge in [0.1, 0.15) is 33.9 Å². The van der Waals surface area contributed by atoms with E-state index in [1.165, 1.54) is 10.5 Å². The predicted octanol–water partition coefficient (Wildman–Crippen LogP) is 4.36. The maximum absolute atomic E-state index is 13.9. The topological polar surface area (TPSA) is 130 Å². The van der Waals surface area contributed by atoms with Gasteiger partial charge in [0.05, 0.1) is 29.7 Å². The number of halogens is 1. The summed E-state index contributed by atoms with van der Waals surface area (Å²) in [6.45, 7) is 4.11. The van der Waals surface area contributed by atoms with Crippen LogP contribution < -0.4 is 11.0 Å². The van der Waals surface area contributed by atoms with Gasteiger partial charge in [-0.3, -0.25) is 14.0 Å². The van der Waals surface area contributed by atoms with E-state index in [4.69, 9.17) is 30.6 Å². The summed E-state index contributed by atoms with van der Waals surface area (Å²) in [5.74, 6) is -1.23. The summed E-state index contributed by atoms with van der Waals surface area (Å²) in [6, 6.07) is 13.5. The Hall–Kier alpha value is -4.61. The van der Waals surface area contributed by atoms with Gasteiger partial charge in [-0.25, -0.2) is 9.78 Å². The van der Waals surface area contributed by atoms with Crippen molar-refractivity contribution in [3.63, 3.8) is 0 Å². The summed E-state index contributed by atoms with van der Waals surface area (Å²) in [5.41, 5.74) is 1.01. The summed E-state index contributed by atoms with van der Waals surface area (Å²) >= 11 is 6.41. The van der Waals surface area contributed by atoms with Crippen LogP contribution >= 0.6 is 11.6 Å². The van der Waals surface area contributed by atoms with E-state index in [1.807, 2.05) is 0 Å². The molecule has 1 saturated heterocycles. The van der Waals surface area contributed by atoms with Gasteiger partial charge in [-0.15, -0.1) is 0 Å². The molecule has 11 nitrogen and oxygen atoms in total. The first-order valence-electron chi connectivity index (χ1n) is 13.5. The minimum Gasteiger partial charge on any atom is -0.462 e. The van der Waals surface area contributed by atoms with Crippen molar-refractivity contribution in [3.05, 3.63) is 92.5 Å². The Morgan fingerprint density at radius 2 is 2.00 bits per heavy atom. The fourth-order valence-corrected chi connectivity index (χ4v) is 5.36. The Bertz CT molecular complexity index is 1990. The maximum atomic E-state index is 13.9. The van der Waals surface area contributed by atoms with Crippen LogP contribution in [-0.2, 0) is 16.0 Å². The number of carbonyl (C=O) groups excluding carboxylic acids is 2. The Labute approximate surface area is 244 Å². The van der Waals surface area contributed by atoms with Crippen molar-refractivity contribution >= 4 is 40.2 Å². The van der Waals surface area contributed by atoms with Crippen LogP contribution in [0.3, 0.4) is 0 Å². The molecule has 0 radical (unpaired) electrons. The number of hydrogen-bond donors (Lipinski definition) is 0. The van der Waals surface area contributed by atoms with Crippen LogP contribution in [0.15, 0.2) is 69.0 Å². The fraction of sp³-hybridized carbons (Fsp3) is 0.267. The third kappa shape index (κ3) is 4.90. The highest BCUT2D eigenvalue weighted by atomic mass is 35.5. The van der Waals surface area contributed by atoms with E-state index in [0.29, 0.717) is 22.8 Å². The number of carbonyl (C=O) groups is 2. The molecule has 0 N–H and O–H groups in total. The van der Waals surface area contributed by atoms with E-state index >= 15 is 0 Å². The summed E-state index contributed by atoms with van der Waals surface area (Å²) < 4.78 is 19.6. The van der Waals surface area contributed by atoms with Crippen LogP contribution in [0.1, 0.15) is 46.2 Å². The third-order valence-corrected chi connectivity index (χ3v) is 7.44. The number of pyridine rings is 2. The normalized spacial score (nSPS) is 15.5. The van der Waals surface area contributed by atoms with Crippen molar-refractivity contribution in [2.75, 3.05) is 13.2 Å². The number of nitrogens with zero attached hydrogens (tertiary/aromatic N) is 5. The lowest BCUT2D eigenvalue weighted by Gasteiger charge is -2.18. The zero-order chi connectivity index (χ0) is 29.4. The highest BCUT2D eigenvalue weighted by Crippen LogP contribution is 2.31. The standard InChI is InChI=1S/C30H26ClN5O6/c1-3-40-30(39)21-15-20-26(32-23-12-6-7-13-35(23)29(20)38)36(16-18-9-8-14-41-18)27(21)33-28(37)24-17(2)42-34-25(24)19-10-4-5-11-22(19)31/h4-7,10-13,15,18H,3,8-9,14,16H2,1-2H3.